The first kappa shape index (κ1) is 33.5. The lowest BCUT2D eigenvalue weighted by Crippen LogP contribution is -2.40. The number of thiazole rings is 1. The number of nitriles is 1. The Morgan fingerprint density at radius 1 is 0.980 bits per heavy atom. The summed E-state index contributed by atoms with van der Waals surface area (Å²) in [5.74, 6) is 0.977. The highest BCUT2D eigenvalue weighted by Gasteiger charge is 2.35. The second-order valence-electron chi connectivity index (χ2n) is 10.8. The Balaban J connectivity index is 1.48. The first-order valence-electron chi connectivity index (χ1n) is 15.3. The van der Waals surface area contributed by atoms with E-state index in [0.717, 1.165) is 11.1 Å². The van der Waals surface area contributed by atoms with Crippen LogP contribution in [0.5, 0.6) is 17.2 Å². The van der Waals surface area contributed by atoms with Gasteiger partial charge in [-0.2, -0.15) is 5.26 Å². The number of carbonyl (C=O) groups is 1. The van der Waals surface area contributed by atoms with Crippen molar-refractivity contribution >= 4 is 45.0 Å². The normalized spacial score (nSPS) is 14.0. The SMILES string of the molecule is CCOC(=O)C1=C(c2ccccc2)N=c2s/c(=C\c3ccc(OCc4ccccc4C#N)c(Br)c3)c(=O)n2[C@H]1c1ccc(OC)c(OC)c1. The topological polar surface area (TPSA) is 112 Å². The Morgan fingerprint density at radius 2 is 1.71 bits per heavy atom. The number of nitrogens with zero attached hydrogens (tertiary/aromatic N) is 3. The molecule has 2 heterocycles. The van der Waals surface area contributed by atoms with Crippen LogP contribution in [-0.2, 0) is 16.1 Å². The third-order valence-electron chi connectivity index (χ3n) is 7.87. The molecule has 0 fully saturated rings. The molecule has 0 saturated carbocycles. The van der Waals surface area contributed by atoms with Gasteiger partial charge in [0, 0.05) is 11.1 Å². The number of benzene rings is 4. The number of aromatic nitrogens is 1. The smallest absolute Gasteiger partial charge is 0.338 e. The number of hydrogen-bond acceptors (Lipinski definition) is 9. The first-order chi connectivity index (χ1) is 23.9. The van der Waals surface area contributed by atoms with E-state index in [9.17, 15) is 14.9 Å². The van der Waals surface area contributed by atoms with Gasteiger partial charge >= 0.3 is 5.97 Å². The van der Waals surface area contributed by atoms with E-state index >= 15 is 0 Å². The van der Waals surface area contributed by atoms with Gasteiger partial charge in [-0.25, -0.2) is 9.79 Å². The fourth-order valence-corrected chi connectivity index (χ4v) is 7.08. The molecule has 1 atom stereocenters. The lowest BCUT2D eigenvalue weighted by molar-refractivity contribution is -0.138. The largest absolute Gasteiger partial charge is 0.493 e. The Bertz CT molecular complexity index is 2310. The lowest BCUT2D eigenvalue weighted by atomic mass is 9.93. The fourth-order valence-electron chi connectivity index (χ4n) is 5.56. The van der Waals surface area contributed by atoms with Gasteiger partial charge in [0.25, 0.3) is 5.56 Å². The summed E-state index contributed by atoms with van der Waals surface area (Å²) < 4.78 is 25.3. The number of ether oxygens (including phenoxy) is 4. The van der Waals surface area contributed by atoms with E-state index in [1.807, 2.05) is 60.7 Å². The molecule has 49 heavy (non-hydrogen) atoms. The summed E-state index contributed by atoms with van der Waals surface area (Å²) in [4.78, 5) is 33.4. The molecule has 5 aromatic rings. The summed E-state index contributed by atoms with van der Waals surface area (Å²) in [7, 11) is 3.08. The van der Waals surface area contributed by atoms with Gasteiger partial charge in [0.2, 0.25) is 0 Å². The van der Waals surface area contributed by atoms with Crippen molar-refractivity contribution in [2.45, 2.75) is 19.6 Å². The second-order valence-corrected chi connectivity index (χ2v) is 12.7. The summed E-state index contributed by atoms with van der Waals surface area (Å²) in [6, 6.07) is 28.8. The third-order valence-corrected chi connectivity index (χ3v) is 9.47. The first-order valence-corrected chi connectivity index (χ1v) is 16.9. The molecule has 0 amide bonds. The highest BCUT2D eigenvalue weighted by atomic mass is 79.9. The molecule has 1 aliphatic heterocycles. The third kappa shape index (κ3) is 6.79. The van der Waals surface area contributed by atoms with Gasteiger partial charge in [0.05, 0.1) is 58.8 Å². The second kappa shape index (κ2) is 14.8. The predicted octanol–water partition coefficient (Wildman–Crippen LogP) is 6.17. The van der Waals surface area contributed by atoms with Crippen LogP contribution in [0.2, 0.25) is 0 Å². The quantitative estimate of drug-likeness (QED) is 0.158. The highest BCUT2D eigenvalue weighted by molar-refractivity contribution is 9.10. The number of esters is 1. The minimum Gasteiger partial charge on any atom is -0.493 e. The van der Waals surface area contributed by atoms with Crippen molar-refractivity contribution < 1.29 is 23.7 Å². The zero-order valence-electron chi connectivity index (χ0n) is 26.8. The van der Waals surface area contributed by atoms with Gasteiger partial charge in [-0.05, 0) is 70.4 Å². The van der Waals surface area contributed by atoms with Crippen LogP contribution >= 0.6 is 27.3 Å². The lowest BCUT2D eigenvalue weighted by Gasteiger charge is -2.26. The van der Waals surface area contributed by atoms with Crippen LogP contribution in [0.25, 0.3) is 11.8 Å². The van der Waals surface area contributed by atoms with Crippen molar-refractivity contribution in [2.24, 2.45) is 4.99 Å². The van der Waals surface area contributed by atoms with E-state index in [2.05, 4.69) is 22.0 Å². The molecule has 0 radical (unpaired) electrons. The van der Waals surface area contributed by atoms with Gasteiger partial charge in [-0.1, -0.05) is 72.0 Å². The zero-order valence-corrected chi connectivity index (χ0v) is 29.2. The van der Waals surface area contributed by atoms with Crippen LogP contribution in [0.1, 0.15) is 40.8 Å². The van der Waals surface area contributed by atoms with E-state index in [1.165, 1.54) is 23.0 Å². The van der Waals surface area contributed by atoms with Gasteiger partial charge < -0.3 is 18.9 Å². The molecule has 9 nitrogen and oxygen atoms in total. The summed E-state index contributed by atoms with van der Waals surface area (Å²) in [5, 5.41) is 9.41. The van der Waals surface area contributed by atoms with Crippen LogP contribution in [0.4, 0.5) is 0 Å². The Morgan fingerprint density at radius 3 is 2.43 bits per heavy atom. The Hall–Kier alpha value is -5.44. The summed E-state index contributed by atoms with van der Waals surface area (Å²) in [6.07, 6.45) is 1.78. The molecule has 0 spiro atoms. The Kier molecular flexibility index (Phi) is 10.1. The molecule has 1 aliphatic rings. The highest BCUT2D eigenvalue weighted by Crippen LogP contribution is 2.38. The summed E-state index contributed by atoms with van der Waals surface area (Å²) in [5.41, 5.74) is 3.76. The number of halogens is 1. The number of methoxy groups -OCH3 is 2. The van der Waals surface area contributed by atoms with Gasteiger partial charge in [-0.3, -0.25) is 9.36 Å². The molecule has 6 rings (SSSR count). The van der Waals surface area contributed by atoms with E-state index in [-0.39, 0.29) is 24.3 Å². The van der Waals surface area contributed by atoms with E-state index in [0.29, 0.717) is 53.4 Å². The van der Waals surface area contributed by atoms with Crippen molar-refractivity contribution in [2.75, 3.05) is 20.8 Å². The van der Waals surface area contributed by atoms with Crippen molar-refractivity contribution in [3.8, 4) is 23.3 Å². The van der Waals surface area contributed by atoms with E-state index in [1.54, 1.807) is 50.4 Å². The monoisotopic (exact) mass is 735 g/mol. The van der Waals surface area contributed by atoms with Crippen LogP contribution in [0, 0.1) is 11.3 Å². The van der Waals surface area contributed by atoms with E-state index in [4.69, 9.17) is 23.9 Å². The molecule has 0 aliphatic carbocycles. The number of hydrogen-bond donors (Lipinski definition) is 0. The molecule has 0 unspecified atom stereocenters. The minimum atomic E-state index is -0.869. The average molecular weight is 737 g/mol. The van der Waals surface area contributed by atoms with Gasteiger partial charge in [-0.15, -0.1) is 0 Å². The number of carbonyl (C=O) groups excluding carboxylic acids is 1. The maximum Gasteiger partial charge on any atom is 0.338 e. The van der Waals surface area contributed by atoms with Crippen LogP contribution in [0.3, 0.4) is 0 Å². The minimum absolute atomic E-state index is 0.146. The molecular weight excluding hydrogens is 706 g/mol. The van der Waals surface area contributed by atoms with Crippen LogP contribution in [0.15, 0.2) is 111 Å². The average Bonchev–Trinajstić information content (AvgIpc) is 3.44. The maximum atomic E-state index is 14.3. The fraction of sp³-hybridized carbons (Fsp3) is 0.158. The van der Waals surface area contributed by atoms with E-state index < -0.39 is 12.0 Å². The molecular formula is C38H30BrN3O6S. The zero-order chi connectivity index (χ0) is 34.5. The molecule has 4 aromatic carbocycles. The number of rotatable bonds is 10. The van der Waals surface area contributed by atoms with Crippen molar-refractivity contribution in [1.82, 2.24) is 4.57 Å². The van der Waals surface area contributed by atoms with Crippen molar-refractivity contribution in [3.05, 3.63) is 149 Å². The summed E-state index contributed by atoms with van der Waals surface area (Å²) >= 11 is 4.82. The number of fused-ring (bicyclic) bond motifs is 1. The van der Waals surface area contributed by atoms with Crippen molar-refractivity contribution in [3.63, 3.8) is 0 Å². The van der Waals surface area contributed by atoms with Crippen molar-refractivity contribution in [1.29, 1.82) is 5.26 Å². The molecule has 0 N–H and O–H groups in total. The molecule has 246 valence electrons. The molecule has 0 bridgehead atoms. The maximum absolute atomic E-state index is 14.3. The summed E-state index contributed by atoms with van der Waals surface area (Å²) in [6.45, 7) is 2.11. The van der Waals surface area contributed by atoms with Crippen LogP contribution < -0.4 is 29.1 Å². The molecule has 0 saturated heterocycles. The standard InChI is InChI=1S/C38H30BrN3O6S/c1-4-47-37(44)33-34(24-10-6-5-7-11-24)41-38-42(35(33)25-15-17-30(45-2)31(20-25)46-3)36(43)32(49-38)19-23-14-16-29(28(39)18-23)48-22-27-13-9-8-12-26(27)21-40/h5-20,35H,4,22H2,1-3H3/b32-19-/t35-/m0/s1. The molecule has 1 aromatic heterocycles. The van der Waals surface area contributed by atoms with Crippen LogP contribution in [-0.4, -0.2) is 31.4 Å². The van der Waals surface area contributed by atoms with Gasteiger partial charge in [0.1, 0.15) is 12.4 Å². The molecule has 11 heteroatoms. The Labute approximate surface area is 294 Å². The van der Waals surface area contributed by atoms with Gasteiger partial charge in [0.15, 0.2) is 16.3 Å². The predicted molar refractivity (Wildman–Crippen MR) is 190 cm³/mol.